The fraction of sp³-hybridized carbons (Fsp3) is 0.211. The monoisotopic (exact) mass is 398 g/mol. The van der Waals surface area contributed by atoms with Gasteiger partial charge in [0.1, 0.15) is 18.4 Å². The first-order valence-electron chi connectivity index (χ1n) is 8.49. The molecule has 1 aromatic heterocycles. The van der Waals surface area contributed by atoms with Crippen LogP contribution < -0.4 is 10.1 Å². The first-order chi connectivity index (χ1) is 13.3. The Kier molecular flexibility index (Phi) is 5.64. The summed E-state index contributed by atoms with van der Waals surface area (Å²) in [7, 11) is 0. The summed E-state index contributed by atoms with van der Waals surface area (Å²) < 4.78 is 7.90. The Morgan fingerprint density at radius 2 is 1.85 bits per heavy atom. The van der Waals surface area contributed by atoms with Crippen molar-refractivity contribution >= 4 is 35.1 Å². The van der Waals surface area contributed by atoms with Gasteiger partial charge in [0.2, 0.25) is 0 Å². The molecular formula is C19H18N4O2S2. The van der Waals surface area contributed by atoms with Crippen molar-refractivity contribution in [1.82, 2.24) is 14.8 Å². The Balaban J connectivity index is 1.31. The van der Waals surface area contributed by atoms with Crippen LogP contribution in [0.15, 0.2) is 61.2 Å². The van der Waals surface area contributed by atoms with E-state index in [1.807, 2.05) is 59.9 Å². The molecule has 1 amide bonds. The second-order valence-electron chi connectivity index (χ2n) is 5.90. The number of nitrogens with one attached hydrogen (secondary N) is 1. The molecule has 4 rings (SSSR count). The molecule has 1 fully saturated rings. The third-order valence-electron chi connectivity index (χ3n) is 3.99. The summed E-state index contributed by atoms with van der Waals surface area (Å²) in [6.45, 7) is -0.0386. The molecule has 1 aliphatic rings. The molecule has 1 N–H and O–H groups in total. The van der Waals surface area contributed by atoms with Crippen LogP contribution in [0.4, 0.5) is 5.69 Å². The molecule has 8 heteroatoms. The molecule has 138 valence electrons. The number of carbonyl (C=O) groups excluding carboxylic acids is 1. The number of aromatic nitrogens is 3. The smallest absolute Gasteiger partial charge is 0.262 e. The molecule has 3 aromatic rings. The van der Waals surface area contributed by atoms with Gasteiger partial charge in [0.25, 0.3) is 5.91 Å². The molecule has 1 saturated heterocycles. The molecule has 2 aromatic carbocycles. The van der Waals surface area contributed by atoms with Crippen LogP contribution in [-0.4, -0.2) is 38.8 Å². The van der Waals surface area contributed by atoms with Crippen LogP contribution in [0.1, 0.15) is 10.1 Å². The number of benzene rings is 2. The van der Waals surface area contributed by atoms with Crippen LogP contribution in [0, 0.1) is 0 Å². The average molecular weight is 399 g/mol. The van der Waals surface area contributed by atoms with Crippen molar-refractivity contribution in [3.8, 4) is 11.4 Å². The van der Waals surface area contributed by atoms with Crippen molar-refractivity contribution in [3.63, 3.8) is 0 Å². The number of thioether (sulfide) groups is 2. The topological polar surface area (TPSA) is 69.0 Å². The van der Waals surface area contributed by atoms with Gasteiger partial charge in [-0.3, -0.25) is 9.36 Å². The molecular weight excluding hydrogens is 380 g/mol. The zero-order valence-corrected chi connectivity index (χ0v) is 16.1. The molecule has 1 aliphatic heterocycles. The Morgan fingerprint density at radius 3 is 2.59 bits per heavy atom. The Labute approximate surface area is 165 Å². The standard InChI is InChI=1S/C19H18N4O2S2/c24-18(22-15-2-1-3-16(10-15)23-12-20-21-13-23)11-25-17-6-4-14(5-7-17)19-26-8-9-27-19/h1-7,10,12-13,19H,8-9,11H2,(H,22,24). The second-order valence-corrected chi connectivity index (χ2v) is 8.62. The van der Waals surface area contributed by atoms with E-state index >= 15 is 0 Å². The van der Waals surface area contributed by atoms with Gasteiger partial charge in [-0.2, -0.15) is 0 Å². The van der Waals surface area contributed by atoms with Gasteiger partial charge in [-0.1, -0.05) is 18.2 Å². The highest BCUT2D eigenvalue weighted by molar-refractivity contribution is 8.19. The number of hydrogen-bond acceptors (Lipinski definition) is 6. The number of rotatable bonds is 6. The predicted molar refractivity (Wildman–Crippen MR) is 110 cm³/mol. The number of anilines is 1. The zero-order valence-electron chi connectivity index (χ0n) is 14.4. The number of carbonyl (C=O) groups is 1. The van der Waals surface area contributed by atoms with Gasteiger partial charge in [-0.05, 0) is 35.9 Å². The Bertz CT molecular complexity index is 894. The van der Waals surface area contributed by atoms with Crippen LogP contribution in [0.3, 0.4) is 0 Å². The van der Waals surface area contributed by atoms with Gasteiger partial charge in [-0.25, -0.2) is 0 Å². The zero-order chi connectivity index (χ0) is 18.5. The van der Waals surface area contributed by atoms with E-state index < -0.39 is 0 Å². The van der Waals surface area contributed by atoms with E-state index in [9.17, 15) is 4.79 Å². The minimum absolute atomic E-state index is 0.0386. The molecule has 2 heterocycles. The summed E-state index contributed by atoms with van der Waals surface area (Å²) in [6.07, 6.45) is 3.21. The van der Waals surface area contributed by atoms with Crippen LogP contribution in [0.5, 0.6) is 5.75 Å². The van der Waals surface area contributed by atoms with Crippen molar-refractivity contribution in [1.29, 1.82) is 0 Å². The Morgan fingerprint density at radius 1 is 1.11 bits per heavy atom. The number of ether oxygens (including phenoxy) is 1. The first kappa shape index (κ1) is 17.9. The molecule has 0 aliphatic carbocycles. The van der Waals surface area contributed by atoms with Gasteiger partial charge >= 0.3 is 0 Å². The highest BCUT2D eigenvalue weighted by atomic mass is 32.2. The largest absolute Gasteiger partial charge is 0.484 e. The van der Waals surface area contributed by atoms with Gasteiger partial charge in [0, 0.05) is 17.2 Å². The highest BCUT2D eigenvalue weighted by Gasteiger charge is 2.18. The predicted octanol–water partition coefficient (Wildman–Crippen LogP) is 3.76. The van der Waals surface area contributed by atoms with Crippen molar-refractivity contribution in [2.24, 2.45) is 0 Å². The van der Waals surface area contributed by atoms with E-state index in [1.165, 1.54) is 17.1 Å². The highest BCUT2D eigenvalue weighted by Crippen LogP contribution is 2.45. The summed E-state index contributed by atoms with van der Waals surface area (Å²) >= 11 is 3.94. The van der Waals surface area contributed by atoms with Crippen LogP contribution in [0.2, 0.25) is 0 Å². The maximum absolute atomic E-state index is 12.2. The normalized spacial score (nSPS) is 14.2. The van der Waals surface area contributed by atoms with Crippen molar-refractivity contribution in [2.45, 2.75) is 4.58 Å². The molecule has 0 spiro atoms. The van der Waals surface area contributed by atoms with E-state index in [0.29, 0.717) is 16.0 Å². The molecule has 0 unspecified atom stereocenters. The molecule has 0 radical (unpaired) electrons. The number of amides is 1. The lowest BCUT2D eigenvalue weighted by Crippen LogP contribution is -2.20. The van der Waals surface area contributed by atoms with Gasteiger partial charge < -0.3 is 10.1 Å². The summed E-state index contributed by atoms with van der Waals surface area (Å²) in [5, 5.41) is 10.4. The maximum Gasteiger partial charge on any atom is 0.262 e. The number of nitrogens with zero attached hydrogens (tertiary/aromatic N) is 3. The van der Waals surface area contributed by atoms with E-state index in [2.05, 4.69) is 27.6 Å². The summed E-state index contributed by atoms with van der Waals surface area (Å²) in [5.41, 5.74) is 2.86. The summed E-state index contributed by atoms with van der Waals surface area (Å²) in [5.74, 6) is 2.89. The lowest BCUT2D eigenvalue weighted by atomic mass is 10.2. The third kappa shape index (κ3) is 4.64. The van der Waals surface area contributed by atoms with E-state index in [0.717, 1.165) is 5.69 Å². The maximum atomic E-state index is 12.2. The number of hydrogen-bond donors (Lipinski definition) is 1. The molecule has 6 nitrogen and oxygen atoms in total. The SMILES string of the molecule is O=C(COc1ccc(C2SCCS2)cc1)Nc1cccc(-n2cnnc2)c1. The van der Waals surface area contributed by atoms with Crippen molar-refractivity contribution in [2.75, 3.05) is 23.4 Å². The van der Waals surface area contributed by atoms with Crippen molar-refractivity contribution < 1.29 is 9.53 Å². The van der Waals surface area contributed by atoms with Gasteiger partial charge in [0.15, 0.2) is 6.61 Å². The minimum atomic E-state index is -0.207. The quantitative estimate of drug-likeness (QED) is 0.682. The Hall–Kier alpha value is -2.45. The fourth-order valence-corrected chi connectivity index (χ4v) is 5.56. The fourth-order valence-electron chi connectivity index (χ4n) is 2.70. The van der Waals surface area contributed by atoms with Crippen LogP contribution in [-0.2, 0) is 4.79 Å². The summed E-state index contributed by atoms with van der Waals surface area (Å²) in [6, 6.07) is 15.5. The van der Waals surface area contributed by atoms with Gasteiger partial charge in [-0.15, -0.1) is 33.7 Å². The van der Waals surface area contributed by atoms with Crippen molar-refractivity contribution in [3.05, 3.63) is 66.7 Å². The molecule has 0 bridgehead atoms. The minimum Gasteiger partial charge on any atom is -0.484 e. The second kappa shape index (κ2) is 8.49. The lowest BCUT2D eigenvalue weighted by molar-refractivity contribution is -0.118. The molecule has 0 atom stereocenters. The van der Waals surface area contributed by atoms with E-state index in [1.54, 1.807) is 17.2 Å². The van der Waals surface area contributed by atoms with E-state index in [4.69, 9.17) is 4.74 Å². The summed E-state index contributed by atoms with van der Waals surface area (Å²) in [4.78, 5) is 12.2. The van der Waals surface area contributed by atoms with Crippen LogP contribution >= 0.6 is 23.5 Å². The van der Waals surface area contributed by atoms with Gasteiger partial charge in [0.05, 0.1) is 10.3 Å². The van der Waals surface area contributed by atoms with E-state index in [-0.39, 0.29) is 12.5 Å². The van der Waals surface area contributed by atoms with Crippen LogP contribution in [0.25, 0.3) is 5.69 Å². The molecule has 0 saturated carbocycles. The molecule has 27 heavy (non-hydrogen) atoms. The lowest BCUT2D eigenvalue weighted by Gasteiger charge is -2.11. The third-order valence-corrected chi connectivity index (χ3v) is 7.10. The average Bonchev–Trinajstić information content (AvgIpc) is 3.41. The first-order valence-corrected chi connectivity index (χ1v) is 10.6.